The molecular formula is C20H26N2S2. The van der Waals surface area contributed by atoms with Crippen LogP contribution < -0.4 is 0 Å². The second-order valence-corrected chi connectivity index (χ2v) is 8.81. The van der Waals surface area contributed by atoms with E-state index in [0.717, 1.165) is 23.0 Å². The number of aromatic nitrogens is 2. The highest BCUT2D eigenvalue weighted by Crippen LogP contribution is 2.26. The van der Waals surface area contributed by atoms with E-state index in [0.29, 0.717) is 5.92 Å². The van der Waals surface area contributed by atoms with Crippen molar-refractivity contribution in [3.8, 4) is 10.7 Å². The van der Waals surface area contributed by atoms with Gasteiger partial charge in [-0.3, -0.25) is 0 Å². The van der Waals surface area contributed by atoms with Crippen LogP contribution in [-0.2, 0) is 12.8 Å². The zero-order valence-electron chi connectivity index (χ0n) is 14.9. The Kier molecular flexibility index (Phi) is 7.60. The molecule has 0 amide bonds. The van der Waals surface area contributed by atoms with Crippen LogP contribution in [0.4, 0.5) is 0 Å². The summed E-state index contributed by atoms with van der Waals surface area (Å²) in [7, 11) is 0. The summed E-state index contributed by atoms with van der Waals surface area (Å²) in [6.07, 6.45) is 5.93. The van der Waals surface area contributed by atoms with Crippen molar-refractivity contribution in [2.45, 2.75) is 40.5 Å². The Morgan fingerprint density at radius 3 is 2.08 bits per heavy atom. The average molecular weight is 359 g/mol. The quantitative estimate of drug-likeness (QED) is 0.531. The van der Waals surface area contributed by atoms with E-state index in [1.54, 1.807) is 23.7 Å². The minimum atomic E-state index is 0.702. The summed E-state index contributed by atoms with van der Waals surface area (Å²) < 4.78 is 0. The van der Waals surface area contributed by atoms with Crippen molar-refractivity contribution in [1.29, 1.82) is 0 Å². The van der Waals surface area contributed by atoms with E-state index in [1.165, 1.54) is 16.2 Å². The van der Waals surface area contributed by atoms with Crippen molar-refractivity contribution in [2.24, 2.45) is 11.8 Å². The molecule has 24 heavy (non-hydrogen) atoms. The van der Waals surface area contributed by atoms with Gasteiger partial charge in [-0.25, -0.2) is 9.97 Å². The van der Waals surface area contributed by atoms with Crippen molar-refractivity contribution in [2.75, 3.05) is 0 Å². The molecule has 3 aromatic heterocycles. The molecule has 128 valence electrons. The molecule has 3 aromatic rings. The van der Waals surface area contributed by atoms with Crippen LogP contribution in [0.25, 0.3) is 10.7 Å². The highest BCUT2D eigenvalue weighted by Gasteiger charge is 2.05. The normalized spacial score (nSPS) is 10.8. The van der Waals surface area contributed by atoms with E-state index in [4.69, 9.17) is 0 Å². The molecule has 0 spiro atoms. The summed E-state index contributed by atoms with van der Waals surface area (Å²) in [5.74, 6) is 2.33. The lowest BCUT2D eigenvalue weighted by Gasteiger charge is -1.99. The van der Waals surface area contributed by atoms with Crippen molar-refractivity contribution < 1.29 is 0 Å². The van der Waals surface area contributed by atoms with Gasteiger partial charge in [0.1, 0.15) is 0 Å². The molecule has 2 nitrogen and oxygen atoms in total. The number of nitrogens with zero attached hydrogens (tertiary/aromatic N) is 2. The zero-order chi connectivity index (χ0) is 17.4. The molecule has 0 bridgehead atoms. The Hall–Kier alpha value is -1.52. The largest absolute Gasteiger partial charge is 0.236 e. The highest BCUT2D eigenvalue weighted by atomic mass is 32.1. The summed E-state index contributed by atoms with van der Waals surface area (Å²) in [5.41, 5.74) is 0. The Morgan fingerprint density at radius 2 is 1.50 bits per heavy atom. The van der Waals surface area contributed by atoms with Gasteiger partial charge in [0, 0.05) is 22.1 Å². The second-order valence-electron chi connectivity index (χ2n) is 6.61. The number of thiophene rings is 2. The molecule has 0 radical (unpaired) electrons. The lowest BCUT2D eigenvalue weighted by molar-refractivity contribution is 0.654. The minimum absolute atomic E-state index is 0.702. The van der Waals surface area contributed by atoms with Crippen LogP contribution >= 0.6 is 22.7 Å². The van der Waals surface area contributed by atoms with Gasteiger partial charge in [-0.15, -0.1) is 22.7 Å². The summed E-state index contributed by atoms with van der Waals surface area (Å²) >= 11 is 3.64. The third kappa shape index (κ3) is 6.54. The fraction of sp³-hybridized carbons (Fsp3) is 0.400. The van der Waals surface area contributed by atoms with E-state index >= 15 is 0 Å². The maximum absolute atomic E-state index is 4.24. The van der Waals surface area contributed by atoms with Gasteiger partial charge in [-0.1, -0.05) is 33.8 Å². The number of rotatable bonds is 5. The molecule has 3 rings (SSSR count). The number of hydrogen-bond acceptors (Lipinski definition) is 4. The van der Waals surface area contributed by atoms with E-state index in [2.05, 4.69) is 67.3 Å². The molecule has 0 unspecified atom stereocenters. The van der Waals surface area contributed by atoms with E-state index in [1.807, 2.05) is 17.4 Å². The molecule has 0 saturated carbocycles. The first-order chi connectivity index (χ1) is 11.5. The molecule has 0 N–H and O–H groups in total. The summed E-state index contributed by atoms with van der Waals surface area (Å²) in [4.78, 5) is 12.6. The predicted molar refractivity (Wildman–Crippen MR) is 107 cm³/mol. The van der Waals surface area contributed by atoms with Crippen molar-refractivity contribution in [3.05, 3.63) is 57.9 Å². The number of hydrogen-bond donors (Lipinski definition) is 0. The molecule has 0 aliphatic carbocycles. The monoisotopic (exact) mass is 358 g/mol. The van der Waals surface area contributed by atoms with E-state index < -0.39 is 0 Å². The molecule has 0 aromatic carbocycles. The first-order valence-electron chi connectivity index (χ1n) is 8.43. The maximum atomic E-state index is 4.24. The molecular weight excluding hydrogens is 332 g/mol. The third-order valence-electron chi connectivity index (χ3n) is 3.25. The topological polar surface area (TPSA) is 25.8 Å². The Morgan fingerprint density at radius 1 is 0.833 bits per heavy atom. The van der Waals surface area contributed by atoms with Crippen LogP contribution in [-0.4, -0.2) is 9.97 Å². The highest BCUT2D eigenvalue weighted by molar-refractivity contribution is 7.15. The fourth-order valence-corrected chi connectivity index (χ4v) is 4.35. The van der Waals surface area contributed by atoms with Gasteiger partial charge in [0.15, 0.2) is 5.82 Å². The van der Waals surface area contributed by atoms with Gasteiger partial charge in [-0.05, 0) is 54.3 Å². The zero-order valence-corrected chi connectivity index (χ0v) is 16.5. The molecule has 0 saturated heterocycles. The maximum Gasteiger partial charge on any atom is 0.169 e. The molecule has 3 heterocycles. The van der Waals surface area contributed by atoms with E-state index in [-0.39, 0.29) is 0 Å². The van der Waals surface area contributed by atoms with Crippen LogP contribution in [0.3, 0.4) is 0 Å². The van der Waals surface area contributed by atoms with Gasteiger partial charge in [0.25, 0.3) is 0 Å². The van der Waals surface area contributed by atoms with Crippen molar-refractivity contribution in [3.63, 3.8) is 0 Å². The summed E-state index contributed by atoms with van der Waals surface area (Å²) in [5, 5.41) is 2.14. The predicted octanol–water partition coefficient (Wildman–Crippen LogP) is 6.35. The first kappa shape index (κ1) is 18.8. The molecule has 0 aliphatic heterocycles. The first-order valence-corrected chi connectivity index (χ1v) is 10.1. The van der Waals surface area contributed by atoms with Gasteiger partial charge >= 0.3 is 0 Å². The smallest absolute Gasteiger partial charge is 0.169 e. The Labute approximate surface area is 153 Å². The van der Waals surface area contributed by atoms with Crippen LogP contribution in [0.1, 0.15) is 37.4 Å². The van der Waals surface area contributed by atoms with Crippen molar-refractivity contribution in [1.82, 2.24) is 9.97 Å². The Bertz CT molecular complexity index is 686. The fourth-order valence-electron chi connectivity index (χ4n) is 2.27. The van der Waals surface area contributed by atoms with Gasteiger partial charge in [0.2, 0.25) is 0 Å². The molecule has 0 aliphatic rings. The van der Waals surface area contributed by atoms with Crippen molar-refractivity contribution >= 4 is 22.7 Å². The average Bonchev–Trinajstić information content (AvgIpc) is 3.20. The lowest BCUT2D eigenvalue weighted by atomic mass is 10.1. The SMILES string of the molecule is CC(C)Cc1ccc(-c2ncccn2)s1.CC(C)Cc1cccs1. The molecule has 4 heteroatoms. The second kappa shape index (κ2) is 9.70. The van der Waals surface area contributed by atoms with Gasteiger partial charge in [-0.2, -0.15) is 0 Å². The lowest BCUT2D eigenvalue weighted by Crippen LogP contribution is -1.89. The van der Waals surface area contributed by atoms with E-state index in [9.17, 15) is 0 Å². The van der Waals surface area contributed by atoms with Gasteiger partial charge < -0.3 is 0 Å². The van der Waals surface area contributed by atoms with Crippen LogP contribution in [0.2, 0.25) is 0 Å². The third-order valence-corrected chi connectivity index (χ3v) is 5.25. The standard InChI is InChI=1S/C12H14N2S.C8H12S/c1-9(2)8-10-4-5-11(15-10)12-13-6-3-7-14-12;1-7(2)6-8-4-3-5-9-8/h3-7,9H,8H2,1-2H3;3-5,7H,6H2,1-2H3. The minimum Gasteiger partial charge on any atom is -0.236 e. The summed E-state index contributed by atoms with van der Waals surface area (Å²) in [6, 6.07) is 10.4. The molecule has 0 fully saturated rings. The molecule has 0 atom stereocenters. The van der Waals surface area contributed by atoms with Crippen LogP contribution in [0, 0.1) is 11.8 Å². The Balaban J connectivity index is 0.000000198. The van der Waals surface area contributed by atoms with Crippen LogP contribution in [0.15, 0.2) is 48.1 Å². The summed E-state index contributed by atoms with van der Waals surface area (Å²) in [6.45, 7) is 8.97. The van der Waals surface area contributed by atoms with Gasteiger partial charge in [0.05, 0.1) is 4.88 Å². The van der Waals surface area contributed by atoms with Crippen LogP contribution in [0.5, 0.6) is 0 Å².